The number of carboxylic acids is 1. The number of pyridine rings is 1. The number of piperazine rings is 1. The predicted octanol–water partition coefficient (Wildman–Crippen LogP) is 5.63. The minimum absolute atomic E-state index is 0.0374. The second kappa shape index (κ2) is 11.1. The van der Waals surface area contributed by atoms with E-state index in [0.29, 0.717) is 37.8 Å². The summed E-state index contributed by atoms with van der Waals surface area (Å²) in [7, 11) is 0. The fourth-order valence-electron chi connectivity index (χ4n) is 4.55. The Morgan fingerprint density at radius 3 is 2.51 bits per heavy atom. The second-order valence-corrected chi connectivity index (χ2v) is 12.2. The average Bonchev–Trinajstić information content (AvgIpc) is 3.65. The van der Waals surface area contributed by atoms with Crippen LogP contribution in [-0.2, 0) is 4.74 Å². The van der Waals surface area contributed by atoms with Crippen molar-refractivity contribution < 1.29 is 24.2 Å². The van der Waals surface area contributed by atoms with Crippen molar-refractivity contribution in [2.75, 3.05) is 26.2 Å². The predicted molar refractivity (Wildman–Crippen MR) is 149 cm³/mol. The number of hydrogen-bond acceptors (Lipinski definition) is 6. The van der Waals surface area contributed by atoms with Crippen molar-refractivity contribution in [1.29, 1.82) is 0 Å². The Bertz CT molecular complexity index is 1140. The molecule has 2 aliphatic rings. The topological polar surface area (TPSA) is 92.2 Å². The molecule has 1 aromatic carbocycles. The molecule has 2 aromatic rings. The number of hydrogen-bond donors (Lipinski definition) is 1. The van der Waals surface area contributed by atoms with Gasteiger partial charge < -0.3 is 19.5 Å². The number of carbonyl (C=O) groups excluding carboxylic acids is 1. The Morgan fingerprint density at radius 2 is 1.95 bits per heavy atom. The maximum atomic E-state index is 12.7. The van der Waals surface area contributed by atoms with Gasteiger partial charge in [0.15, 0.2) is 6.10 Å². The van der Waals surface area contributed by atoms with Crippen LogP contribution in [0.15, 0.2) is 30.5 Å². The van der Waals surface area contributed by atoms with Crippen LogP contribution in [-0.4, -0.2) is 69.8 Å². The lowest BCUT2D eigenvalue weighted by atomic mass is 10.1. The van der Waals surface area contributed by atoms with Gasteiger partial charge in [-0.3, -0.25) is 9.88 Å². The molecule has 1 unspecified atom stereocenters. The third-order valence-electron chi connectivity index (χ3n) is 6.71. The molecule has 2 heterocycles. The van der Waals surface area contributed by atoms with Crippen molar-refractivity contribution in [3.8, 4) is 5.75 Å². The summed E-state index contributed by atoms with van der Waals surface area (Å²) in [5, 5.41) is 9.83. The highest BCUT2D eigenvalue weighted by Gasteiger charge is 2.33. The molecule has 1 saturated carbocycles. The standard InChI is InChI=1S/C28H36IN3O5/c1-17-12-24(21(26(33)34)13-22(17)29)36-25(23-9-8-20(14-30-23)19-6-7-19)16-31-10-11-32(18(2)15-31)27(35)37-28(3,4)5/h8-9,12-14,18-19,25H,6-7,10-11,15-16H2,1-5H3,(H,33,34)/t18-,25?/m1/s1. The molecule has 1 aliphatic carbocycles. The van der Waals surface area contributed by atoms with Crippen molar-refractivity contribution in [3.63, 3.8) is 0 Å². The van der Waals surface area contributed by atoms with Gasteiger partial charge in [-0.1, -0.05) is 6.07 Å². The van der Waals surface area contributed by atoms with Crippen LogP contribution in [0, 0.1) is 10.5 Å². The number of benzene rings is 1. The van der Waals surface area contributed by atoms with Crippen LogP contribution in [0.25, 0.3) is 0 Å². The molecule has 1 amide bonds. The van der Waals surface area contributed by atoms with E-state index in [4.69, 9.17) is 14.5 Å². The lowest BCUT2D eigenvalue weighted by Gasteiger charge is -2.41. The zero-order chi connectivity index (χ0) is 26.9. The molecule has 0 radical (unpaired) electrons. The molecule has 2 atom stereocenters. The summed E-state index contributed by atoms with van der Waals surface area (Å²) in [6.45, 7) is 11.9. The van der Waals surface area contributed by atoms with E-state index in [0.717, 1.165) is 14.8 Å². The first kappa shape index (κ1) is 27.6. The van der Waals surface area contributed by atoms with E-state index >= 15 is 0 Å². The van der Waals surface area contributed by atoms with Crippen LogP contribution in [0.5, 0.6) is 5.75 Å². The summed E-state index contributed by atoms with van der Waals surface area (Å²) >= 11 is 2.14. The highest BCUT2D eigenvalue weighted by molar-refractivity contribution is 14.1. The summed E-state index contributed by atoms with van der Waals surface area (Å²) < 4.78 is 12.9. The molecule has 0 spiro atoms. The third-order valence-corrected chi connectivity index (χ3v) is 7.87. The minimum atomic E-state index is -1.02. The summed E-state index contributed by atoms with van der Waals surface area (Å²) in [6.07, 6.45) is 3.55. The Morgan fingerprint density at radius 1 is 1.22 bits per heavy atom. The van der Waals surface area contributed by atoms with Crippen LogP contribution >= 0.6 is 22.6 Å². The van der Waals surface area contributed by atoms with E-state index < -0.39 is 17.7 Å². The van der Waals surface area contributed by atoms with Gasteiger partial charge in [-0.25, -0.2) is 9.59 Å². The van der Waals surface area contributed by atoms with Crippen LogP contribution in [0.4, 0.5) is 4.79 Å². The average molecular weight is 622 g/mol. The number of aromatic nitrogens is 1. The van der Waals surface area contributed by atoms with Gasteiger partial charge in [0.05, 0.1) is 5.69 Å². The minimum Gasteiger partial charge on any atom is -0.482 e. The van der Waals surface area contributed by atoms with Gasteiger partial charge >= 0.3 is 12.1 Å². The molecular weight excluding hydrogens is 585 g/mol. The Labute approximate surface area is 232 Å². The monoisotopic (exact) mass is 621 g/mol. The lowest BCUT2D eigenvalue weighted by molar-refractivity contribution is -0.00317. The van der Waals surface area contributed by atoms with E-state index in [1.165, 1.54) is 18.4 Å². The quantitative estimate of drug-likeness (QED) is 0.401. The van der Waals surface area contributed by atoms with Crippen molar-refractivity contribution in [2.24, 2.45) is 0 Å². The highest BCUT2D eigenvalue weighted by atomic mass is 127. The summed E-state index contributed by atoms with van der Waals surface area (Å²) in [5.74, 6) is -0.0904. The van der Waals surface area contributed by atoms with Crippen LogP contribution < -0.4 is 4.74 Å². The lowest BCUT2D eigenvalue weighted by Crippen LogP contribution is -2.55. The van der Waals surface area contributed by atoms with E-state index in [1.807, 2.05) is 46.9 Å². The third kappa shape index (κ3) is 7.13. The molecule has 8 nitrogen and oxygen atoms in total. The first-order valence-corrected chi connectivity index (χ1v) is 13.9. The number of nitrogens with zero attached hydrogens (tertiary/aromatic N) is 3. The summed E-state index contributed by atoms with van der Waals surface area (Å²) in [4.78, 5) is 33.4. The van der Waals surface area contributed by atoms with Crippen molar-refractivity contribution in [2.45, 2.75) is 71.1 Å². The van der Waals surface area contributed by atoms with E-state index in [2.05, 4.69) is 33.6 Å². The zero-order valence-corrected chi connectivity index (χ0v) is 24.3. The molecule has 37 heavy (non-hydrogen) atoms. The fourth-order valence-corrected chi connectivity index (χ4v) is 5.02. The number of ether oxygens (including phenoxy) is 2. The molecule has 1 N–H and O–H groups in total. The Balaban J connectivity index is 1.54. The van der Waals surface area contributed by atoms with Gasteiger partial charge in [-0.15, -0.1) is 0 Å². The molecule has 4 rings (SSSR count). The highest BCUT2D eigenvalue weighted by Crippen LogP contribution is 2.40. The first-order valence-electron chi connectivity index (χ1n) is 12.8. The summed E-state index contributed by atoms with van der Waals surface area (Å²) in [6, 6.07) is 7.51. The van der Waals surface area contributed by atoms with Gasteiger partial charge in [0.1, 0.15) is 16.9 Å². The van der Waals surface area contributed by atoms with Crippen LogP contribution in [0.1, 0.15) is 79.7 Å². The van der Waals surface area contributed by atoms with Crippen molar-refractivity contribution >= 4 is 34.7 Å². The van der Waals surface area contributed by atoms with Gasteiger partial charge in [-0.2, -0.15) is 0 Å². The normalized spacial score (nSPS) is 19.4. The van der Waals surface area contributed by atoms with Crippen LogP contribution in [0.3, 0.4) is 0 Å². The number of rotatable bonds is 7. The molecular formula is C28H36IN3O5. The molecule has 200 valence electrons. The first-order chi connectivity index (χ1) is 17.4. The Kier molecular flexibility index (Phi) is 8.32. The second-order valence-electron chi connectivity index (χ2n) is 11.1. The summed E-state index contributed by atoms with van der Waals surface area (Å²) in [5.41, 5.74) is 2.55. The molecule has 1 aliphatic heterocycles. The number of carbonyl (C=O) groups is 2. The SMILES string of the molecule is Cc1cc(OC(CN2CCN(C(=O)OC(C)(C)C)[C@H](C)C2)c2ccc(C3CC3)cn2)c(C(=O)O)cc1I. The largest absolute Gasteiger partial charge is 0.482 e. The van der Waals surface area contributed by atoms with Gasteiger partial charge in [0.2, 0.25) is 0 Å². The number of amides is 1. The van der Waals surface area contributed by atoms with Crippen molar-refractivity contribution in [1.82, 2.24) is 14.8 Å². The Hall–Kier alpha value is -2.40. The van der Waals surface area contributed by atoms with E-state index in [-0.39, 0.29) is 17.7 Å². The fraction of sp³-hybridized carbons (Fsp3) is 0.536. The maximum Gasteiger partial charge on any atom is 0.410 e. The molecule has 9 heteroatoms. The van der Waals surface area contributed by atoms with Gasteiger partial charge in [0.25, 0.3) is 0 Å². The number of carboxylic acid groups (broad SMARTS) is 1. The zero-order valence-electron chi connectivity index (χ0n) is 22.2. The molecule has 2 fully saturated rings. The van der Waals surface area contributed by atoms with Gasteiger partial charge in [-0.05, 0) is 105 Å². The van der Waals surface area contributed by atoms with Crippen molar-refractivity contribution in [3.05, 3.63) is 56.4 Å². The molecule has 0 bridgehead atoms. The smallest absolute Gasteiger partial charge is 0.410 e. The molecule has 1 saturated heterocycles. The maximum absolute atomic E-state index is 12.7. The number of aromatic carboxylic acids is 1. The van der Waals surface area contributed by atoms with E-state index in [1.54, 1.807) is 17.0 Å². The number of aryl methyl sites for hydroxylation is 1. The molecule has 1 aromatic heterocycles. The van der Waals surface area contributed by atoms with Gasteiger partial charge in [0, 0.05) is 42.0 Å². The van der Waals surface area contributed by atoms with Crippen LogP contribution in [0.2, 0.25) is 0 Å². The number of halogens is 1. The van der Waals surface area contributed by atoms with E-state index in [9.17, 15) is 14.7 Å².